The van der Waals surface area contributed by atoms with E-state index >= 15 is 0 Å². The first kappa shape index (κ1) is 19.7. The van der Waals surface area contributed by atoms with Gasteiger partial charge < -0.3 is 11.2 Å². The Hall–Kier alpha value is -3.01. The number of amides is 1. The summed E-state index contributed by atoms with van der Waals surface area (Å²) >= 11 is 1.06. The van der Waals surface area contributed by atoms with Gasteiger partial charge in [0, 0.05) is 18.2 Å². The number of halogens is 3. The molecule has 1 atom stereocenters. The fraction of sp³-hybridized carbons (Fsp3) is 0.167. The number of benzene rings is 2. The van der Waals surface area contributed by atoms with Gasteiger partial charge in [-0.2, -0.15) is 0 Å². The molecule has 3 rings (SSSR count). The molecule has 3 N–H and O–H groups in total. The average molecular weight is 407 g/mol. The van der Waals surface area contributed by atoms with E-state index in [1.165, 1.54) is 22.9 Å². The Balaban J connectivity index is 1.64. The van der Waals surface area contributed by atoms with Gasteiger partial charge in [-0.25, -0.2) is 17.8 Å². The highest BCUT2D eigenvalue weighted by atomic mass is 32.2. The number of nitrogens with one attached hydrogen (secondary N) is 1. The molecular formula is C18H16F3N5OS. The minimum atomic E-state index is -1.05. The average Bonchev–Trinajstić information content (AvgIpc) is 3.00. The highest BCUT2D eigenvalue weighted by Crippen LogP contribution is 2.23. The molecule has 0 saturated heterocycles. The number of hydrogen-bond acceptors (Lipinski definition) is 5. The fourth-order valence-corrected chi connectivity index (χ4v) is 3.11. The van der Waals surface area contributed by atoms with E-state index in [-0.39, 0.29) is 11.5 Å². The maximum absolute atomic E-state index is 13.2. The third kappa shape index (κ3) is 4.63. The smallest absolute Gasteiger partial charge is 0.237 e. The molecule has 1 heterocycles. The van der Waals surface area contributed by atoms with Gasteiger partial charge in [0.1, 0.15) is 5.82 Å². The van der Waals surface area contributed by atoms with Crippen molar-refractivity contribution in [1.29, 1.82) is 0 Å². The van der Waals surface area contributed by atoms with Crippen LogP contribution < -0.4 is 11.2 Å². The molecule has 2 aromatic carbocycles. The Kier molecular flexibility index (Phi) is 5.88. The molecule has 146 valence electrons. The highest BCUT2D eigenvalue weighted by molar-refractivity contribution is 8.00. The van der Waals surface area contributed by atoms with Crippen LogP contribution in [0.4, 0.5) is 18.9 Å². The third-order valence-electron chi connectivity index (χ3n) is 3.85. The van der Waals surface area contributed by atoms with Crippen molar-refractivity contribution in [3.05, 3.63) is 71.3 Å². The zero-order chi connectivity index (χ0) is 20.3. The second kappa shape index (κ2) is 8.34. The van der Waals surface area contributed by atoms with Crippen molar-refractivity contribution in [3.63, 3.8) is 0 Å². The van der Waals surface area contributed by atoms with Gasteiger partial charge in [0.05, 0.1) is 5.25 Å². The lowest BCUT2D eigenvalue weighted by molar-refractivity contribution is -0.115. The van der Waals surface area contributed by atoms with Gasteiger partial charge in [0.15, 0.2) is 17.5 Å². The molecule has 0 saturated carbocycles. The topological polar surface area (TPSA) is 85.8 Å². The number of carbonyl (C=O) groups excluding carboxylic acids is 1. The number of thioether (sulfide) groups is 1. The van der Waals surface area contributed by atoms with Crippen molar-refractivity contribution in [2.24, 2.45) is 0 Å². The van der Waals surface area contributed by atoms with Crippen molar-refractivity contribution >= 4 is 23.4 Å². The fourth-order valence-electron chi connectivity index (χ4n) is 2.32. The maximum atomic E-state index is 13.2. The number of nitrogen functional groups attached to an aromatic ring is 1. The van der Waals surface area contributed by atoms with Crippen molar-refractivity contribution in [3.8, 4) is 0 Å². The van der Waals surface area contributed by atoms with Crippen LogP contribution in [0.25, 0.3) is 0 Å². The summed E-state index contributed by atoms with van der Waals surface area (Å²) < 4.78 is 40.5. The molecule has 1 aromatic heterocycles. The molecule has 6 nitrogen and oxygen atoms in total. The second-order valence-corrected chi connectivity index (χ2v) is 7.26. The first-order valence-corrected chi connectivity index (χ1v) is 9.08. The predicted octanol–water partition coefficient (Wildman–Crippen LogP) is 3.12. The van der Waals surface area contributed by atoms with E-state index in [0.717, 1.165) is 29.5 Å². The lowest BCUT2D eigenvalue weighted by atomic mass is 10.1. The van der Waals surface area contributed by atoms with Crippen LogP contribution >= 0.6 is 11.8 Å². The number of nitrogens with zero attached hydrogens (tertiary/aromatic N) is 3. The van der Waals surface area contributed by atoms with Gasteiger partial charge in [-0.3, -0.25) is 4.79 Å². The van der Waals surface area contributed by atoms with Crippen LogP contribution in [0.5, 0.6) is 0 Å². The summed E-state index contributed by atoms with van der Waals surface area (Å²) in [5.74, 6) is 3.62. The molecule has 3 aromatic rings. The summed E-state index contributed by atoms with van der Waals surface area (Å²) in [5.41, 5.74) is 0.948. The number of hydrogen-bond donors (Lipinski definition) is 2. The molecule has 1 amide bonds. The molecule has 10 heteroatoms. The minimum Gasteiger partial charge on any atom is -0.336 e. The van der Waals surface area contributed by atoms with Gasteiger partial charge in [-0.1, -0.05) is 23.9 Å². The number of aromatic nitrogens is 3. The highest BCUT2D eigenvalue weighted by Gasteiger charge is 2.20. The Morgan fingerprint density at radius 1 is 1.14 bits per heavy atom. The van der Waals surface area contributed by atoms with Crippen LogP contribution in [0.3, 0.4) is 0 Å². The van der Waals surface area contributed by atoms with Crippen molar-refractivity contribution in [2.75, 3.05) is 11.2 Å². The van der Waals surface area contributed by atoms with E-state index in [4.69, 9.17) is 5.84 Å². The summed E-state index contributed by atoms with van der Waals surface area (Å²) in [5, 5.41) is 10.2. The molecule has 0 fully saturated rings. The molecule has 28 heavy (non-hydrogen) atoms. The summed E-state index contributed by atoms with van der Waals surface area (Å²) in [7, 11) is 0. The molecule has 0 aliphatic carbocycles. The standard InChI is InChI=1S/C18H16F3N5OS/c1-10(17(27)23-13-6-7-14(20)15(21)9-13)28-18-25-24-16(26(18)22)8-11-2-4-12(19)5-3-11/h2-7,9-10H,8,22H2,1H3,(H,23,27)/t10-/m0/s1. The Morgan fingerprint density at radius 2 is 1.86 bits per heavy atom. The number of anilines is 1. The van der Waals surface area contributed by atoms with Gasteiger partial charge >= 0.3 is 0 Å². The quantitative estimate of drug-likeness (QED) is 0.484. The minimum absolute atomic E-state index is 0.141. The number of nitrogens with two attached hydrogens (primary N) is 1. The largest absolute Gasteiger partial charge is 0.336 e. The zero-order valence-electron chi connectivity index (χ0n) is 14.7. The Bertz CT molecular complexity index is 993. The summed E-state index contributed by atoms with van der Waals surface area (Å²) in [6, 6.07) is 9.01. The maximum Gasteiger partial charge on any atom is 0.237 e. The van der Waals surface area contributed by atoms with Crippen LogP contribution in [0, 0.1) is 17.5 Å². The normalized spacial score (nSPS) is 12.0. The second-order valence-electron chi connectivity index (χ2n) is 5.95. The third-order valence-corrected chi connectivity index (χ3v) is 4.91. The zero-order valence-corrected chi connectivity index (χ0v) is 15.5. The van der Waals surface area contributed by atoms with E-state index in [1.54, 1.807) is 19.1 Å². The van der Waals surface area contributed by atoms with Crippen molar-refractivity contribution in [1.82, 2.24) is 14.9 Å². The lowest BCUT2D eigenvalue weighted by Gasteiger charge is -2.11. The molecule has 0 unspecified atom stereocenters. The van der Waals surface area contributed by atoms with Gasteiger partial charge in [-0.05, 0) is 36.8 Å². The van der Waals surface area contributed by atoms with Crippen LogP contribution in [0.15, 0.2) is 47.6 Å². The van der Waals surface area contributed by atoms with Gasteiger partial charge in [0.25, 0.3) is 0 Å². The van der Waals surface area contributed by atoms with E-state index in [1.807, 2.05) is 0 Å². The summed E-state index contributed by atoms with van der Waals surface area (Å²) in [6.45, 7) is 1.62. The van der Waals surface area contributed by atoms with Crippen LogP contribution in [-0.4, -0.2) is 26.0 Å². The van der Waals surface area contributed by atoms with Gasteiger partial charge in [-0.15, -0.1) is 10.2 Å². The van der Waals surface area contributed by atoms with Crippen molar-refractivity contribution < 1.29 is 18.0 Å². The Morgan fingerprint density at radius 3 is 2.54 bits per heavy atom. The first-order valence-electron chi connectivity index (χ1n) is 8.20. The van der Waals surface area contributed by atoms with Crippen LogP contribution in [0.1, 0.15) is 18.3 Å². The predicted molar refractivity (Wildman–Crippen MR) is 99.7 cm³/mol. The lowest BCUT2D eigenvalue weighted by Crippen LogP contribution is -2.24. The number of carbonyl (C=O) groups is 1. The molecular weight excluding hydrogens is 391 g/mol. The summed E-state index contributed by atoms with van der Waals surface area (Å²) in [4.78, 5) is 12.3. The monoisotopic (exact) mass is 407 g/mol. The van der Waals surface area contributed by atoms with E-state index in [0.29, 0.717) is 17.4 Å². The summed E-state index contributed by atoms with van der Waals surface area (Å²) in [6.07, 6.45) is 0.347. The SMILES string of the molecule is C[C@H](Sc1nnc(Cc2ccc(F)cc2)n1N)C(=O)Nc1ccc(F)c(F)c1. The molecule has 0 radical (unpaired) electrons. The van der Waals surface area contributed by atoms with E-state index in [2.05, 4.69) is 15.5 Å². The molecule has 0 aliphatic rings. The Labute approximate surface area is 162 Å². The number of rotatable bonds is 6. The van der Waals surface area contributed by atoms with Crippen LogP contribution in [-0.2, 0) is 11.2 Å². The van der Waals surface area contributed by atoms with E-state index < -0.39 is 22.8 Å². The first-order chi connectivity index (χ1) is 13.3. The molecule has 0 aliphatic heterocycles. The van der Waals surface area contributed by atoms with Gasteiger partial charge in [0.2, 0.25) is 11.1 Å². The molecule has 0 spiro atoms. The van der Waals surface area contributed by atoms with Crippen molar-refractivity contribution in [2.45, 2.75) is 23.8 Å². The van der Waals surface area contributed by atoms with Crippen LogP contribution in [0.2, 0.25) is 0 Å². The molecule has 0 bridgehead atoms. The van der Waals surface area contributed by atoms with E-state index in [9.17, 15) is 18.0 Å².